The molecule has 1 aliphatic rings. The van der Waals surface area contributed by atoms with Gasteiger partial charge in [0.15, 0.2) is 0 Å². The van der Waals surface area contributed by atoms with E-state index in [2.05, 4.69) is 10.6 Å². The van der Waals surface area contributed by atoms with Gasteiger partial charge in [-0.3, -0.25) is 15.0 Å². The summed E-state index contributed by atoms with van der Waals surface area (Å²) in [6.07, 6.45) is 0. The molecule has 0 atom stereocenters. The van der Waals surface area contributed by atoms with Crippen LogP contribution in [0, 0.1) is 0 Å². The summed E-state index contributed by atoms with van der Waals surface area (Å²) >= 11 is 5.78. The van der Waals surface area contributed by atoms with Crippen LogP contribution in [0.3, 0.4) is 0 Å². The average Bonchev–Trinajstić information content (AvgIpc) is 2.55. The number of halogens is 1. The van der Waals surface area contributed by atoms with Gasteiger partial charge < -0.3 is 5.32 Å². The average molecular weight is 375 g/mol. The van der Waals surface area contributed by atoms with Crippen LogP contribution in [-0.2, 0) is 14.8 Å². The van der Waals surface area contributed by atoms with E-state index in [1.165, 1.54) is 35.6 Å². The molecule has 24 heavy (non-hydrogen) atoms. The minimum atomic E-state index is -3.57. The van der Waals surface area contributed by atoms with Crippen molar-refractivity contribution in [2.24, 2.45) is 0 Å². The van der Waals surface area contributed by atoms with E-state index in [0.29, 0.717) is 18.1 Å². The Morgan fingerprint density at radius 2 is 1.71 bits per heavy atom. The maximum Gasteiger partial charge on any atom is 0.321 e. The lowest BCUT2D eigenvalue weighted by Crippen LogP contribution is -2.52. The van der Waals surface area contributed by atoms with Gasteiger partial charge in [-0.1, -0.05) is 11.6 Å². The summed E-state index contributed by atoms with van der Waals surface area (Å²) in [5, 5.41) is 4.94. The fourth-order valence-electron chi connectivity index (χ4n) is 2.32. The minimum Gasteiger partial charge on any atom is -0.341 e. The number of hydrogen-bond donors (Lipinski definition) is 2. The van der Waals surface area contributed by atoms with E-state index in [1.54, 1.807) is 4.90 Å². The van der Waals surface area contributed by atoms with Crippen molar-refractivity contribution in [2.75, 3.05) is 39.8 Å². The molecule has 10 heteroatoms. The van der Waals surface area contributed by atoms with Gasteiger partial charge in [0, 0.05) is 38.2 Å². The van der Waals surface area contributed by atoms with Crippen molar-refractivity contribution in [3.63, 3.8) is 0 Å². The number of sulfonamides is 1. The second kappa shape index (κ2) is 7.93. The Kier molecular flexibility index (Phi) is 6.16. The molecule has 0 bridgehead atoms. The summed E-state index contributed by atoms with van der Waals surface area (Å²) in [5.41, 5.74) is 0. The molecule has 1 heterocycles. The molecule has 8 nitrogen and oxygen atoms in total. The van der Waals surface area contributed by atoms with Crippen LogP contribution in [0.25, 0.3) is 0 Å². The third-order valence-electron chi connectivity index (χ3n) is 3.63. The van der Waals surface area contributed by atoms with E-state index in [4.69, 9.17) is 11.6 Å². The van der Waals surface area contributed by atoms with Crippen LogP contribution in [-0.4, -0.2) is 69.3 Å². The van der Waals surface area contributed by atoms with Crippen molar-refractivity contribution in [3.8, 4) is 0 Å². The van der Waals surface area contributed by atoms with E-state index in [0.717, 1.165) is 0 Å². The van der Waals surface area contributed by atoms with Crippen LogP contribution in [0.4, 0.5) is 4.79 Å². The molecule has 0 unspecified atom stereocenters. The number of carbonyl (C=O) groups excluding carboxylic acids is 2. The Bertz CT molecular complexity index is 700. The van der Waals surface area contributed by atoms with Crippen LogP contribution in [0.2, 0.25) is 5.02 Å². The van der Waals surface area contributed by atoms with Crippen molar-refractivity contribution in [3.05, 3.63) is 29.3 Å². The Morgan fingerprint density at radius 3 is 2.25 bits per heavy atom. The maximum absolute atomic E-state index is 12.5. The van der Waals surface area contributed by atoms with Crippen LogP contribution in [0.5, 0.6) is 0 Å². The molecule has 132 valence electrons. The number of amides is 3. The molecular formula is C14H19ClN4O4S. The highest BCUT2D eigenvalue weighted by molar-refractivity contribution is 7.89. The van der Waals surface area contributed by atoms with Gasteiger partial charge in [-0.15, -0.1) is 0 Å². The van der Waals surface area contributed by atoms with E-state index in [-0.39, 0.29) is 24.5 Å². The number of urea groups is 1. The van der Waals surface area contributed by atoms with Crippen molar-refractivity contribution in [1.29, 1.82) is 0 Å². The first-order valence-corrected chi connectivity index (χ1v) is 9.14. The molecule has 0 aliphatic carbocycles. The Hall–Kier alpha value is -1.68. The first kappa shape index (κ1) is 18.7. The predicted molar refractivity (Wildman–Crippen MR) is 89.2 cm³/mol. The van der Waals surface area contributed by atoms with Crippen molar-refractivity contribution in [2.45, 2.75) is 4.90 Å². The first-order chi connectivity index (χ1) is 11.3. The topological polar surface area (TPSA) is 98.8 Å². The zero-order chi connectivity index (χ0) is 17.7. The van der Waals surface area contributed by atoms with Gasteiger partial charge in [0.2, 0.25) is 15.9 Å². The molecule has 0 radical (unpaired) electrons. The Morgan fingerprint density at radius 1 is 1.12 bits per heavy atom. The maximum atomic E-state index is 12.5. The standard InChI is InChI=1S/C14H19ClN4O4S/c1-16-14(21)17-13(20)10-18-6-8-19(9-7-18)24(22,23)12-4-2-11(15)3-5-12/h2-5H,6-10H2,1H3,(H2,16,17,20,21). The number of hydrogen-bond acceptors (Lipinski definition) is 5. The lowest BCUT2D eigenvalue weighted by Gasteiger charge is -2.33. The second-order valence-corrected chi connectivity index (χ2v) is 7.64. The van der Waals surface area contributed by atoms with Gasteiger partial charge >= 0.3 is 6.03 Å². The number of piperazine rings is 1. The van der Waals surface area contributed by atoms with E-state index >= 15 is 0 Å². The summed E-state index contributed by atoms with van der Waals surface area (Å²) in [5.74, 6) is -0.427. The normalized spacial score (nSPS) is 16.6. The molecule has 1 saturated heterocycles. The minimum absolute atomic E-state index is 0.0439. The van der Waals surface area contributed by atoms with E-state index in [9.17, 15) is 18.0 Å². The van der Waals surface area contributed by atoms with E-state index in [1.807, 2.05) is 0 Å². The largest absolute Gasteiger partial charge is 0.341 e. The van der Waals surface area contributed by atoms with Gasteiger partial charge in [0.05, 0.1) is 11.4 Å². The smallest absolute Gasteiger partial charge is 0.321 e. The van der Waals surface area contributed by atoms with Crippen LogP contribution in [0.15, 0.2) is 29.2 Å². The molecule has 2 rings (SSSR count). The summed E-state index contributed by atoms with van der Waals surface area (Å²) in [7, 11) is -2.15. The molecule has 0 saturated carbocycles. The lowest BCUT2D eigenvalue weighted by molar-refractivity contribution is -0.121. The molecule has 1 aromatic carbocycles. The van der Waals surface area contributed by atoms with Gasteiger partial charge in [0.1, 0.15) is 0 Å². The number of carbonyl (C=O) groups is 2. The number of nitrogens with zero attached hydrogens (tertiary/aromatic N) is 2. The van der Waals surface area contributed by atoms with E-state index < -0.39 is 22.0 Å². The Balaban J connectivity index is 1.91. The summed E-state index contributed by atoms with van der Waals surface area (Å²) in [4.78, 5) is 24.7. The predicted octanol–water partition coefficient (Wildman–Crippen LogP) is 0.102. The fraction of sp³-hybridized carbons (Fsp3) is 0.429. The molecule has 0 spiro atoms. The molecule has 1 aromatic rings. The quantitative estimate of drug-likeness (QED) is 0.779. The number of benzene rings is 1. The molecule has 2 N–H and O–H groups in total. The third-order valence-corrected chi connectivity index (χ3v) is 5.79. The highest BCUT2D eigenvalue weighted by Gasteiger charge is 2.29. The third kappa shape index (κ3) is 4.67. The number of nitrogens with one attached hydrogen (secondary N) is 2. The summed E-state index contributed by atoms with van der Waals surface area (Å²) < 4.78 is 26.5. The van der Waals surface area contributed by atoms with Gasteiger partial charge in [0.25, 0.3) is 0 Å². The lowest BCUT2D eigenvalue weighted by atomic mass is 10.3. The van der Waals surface area contributed by atoms with Crippen LogP contribution < -0.4 is 10.6 Å². The zero-order valence-corrected chi connectivity index (χ0v) is 14.7. The van der Waals surface area contributed by atoms with Gasteiger partial charge in [-0.25, -0.2) is 13.2 Å². The Labute approximate surface area is 145 Å². The number of imide groups is 1. The fourth-order valence-corrected chi connectivity index (χ4v) is 3.86. The summed E-state index contributed by atoms with van der Waals surface area (Å²) in [6, 6.07) is 5.45. The van der Waals surface area contributed by atoms with Crippen LogP contribution in [0.1, 0.15) is 0 Å². The van der Waals surface area contributed by atoms with Crippen molar-refractivity contribution in [1.82, 2.24) is 19.8 Å². The number of rotatable bonds is 4. The van der Waals surface area contributed by atoms with Crippen molar-refractivity contribution < 1.29 is 18.0 Å². The first-order valence-electron chi connectivity index (χ1n) is 7.32. The van der Waals surface area contributed by atoms with Gasteiger partial charge in [-0.05, 0) is 24.3 Å². The monoisotopic (exact) mass is 374 g/mol. The molecule has 3 amide bonds. The van der Waals surface area contributed by atoms with Gasteiger partial charge in [-0.2, -0.15) is 4.31 Å². The highest BCUT2D eigenvalue weighted by Crippen LogP contribution is 2.19. The van der Waals surface area contributed by atoms with Crippen molar-refractivity contribution >= 4 is 33.6 Å². The highest BCUT2D eigenvalue weighted by atomic mass is 35.5. The molecule has 1 fully saturated rings. The van der Waals surface area contributed by atoms with Crippen LogP contribution >= 0.6 is 11.6 Å². The summed E-state index contributed by atoms with van der Waals surface area (Å²) in [6.45, 7) is 1.42. The molecule has 1 aliphatic heterocycles. The molecular weight excluding hydrogens is 356 g/mol. The second-order valence-electron chi connectivity index (χ2n) is 5.26. The zero-order valence-electron chi connectivity index (χ0n) is 13.2. The SMILES string of the molecule is CNC(=O)NC(=O)CN1CCN(S(=O)(=O)c2ccc(Cl)cc2)CC1. The molecule has 0 aromatic heterocycles.